The van der Waals surface area contributed by atoms with E-state index in [-0.39, 0.29) is 5.41 Å². The lowest BCUT2D eigenvalue weighted by atomic mass is 9.84. The highest BCUT2D eigenvalue weighted by atomic mass is 79.9. The van der Waals surface area contributed by atoms with Gasteiger partial charge in [-0.3, -0.25) is 0 Å². The maximum absolute atomic E-state index is 3.55. The summed E-state index contributed by atoms with van der Waals surface area (Å²) in [4.78, 5) is 2.58. The molecule has 0 spiro atoms. The monoisotopic (exact) mass is 281 g/mol. The molecule has 1 aliphatic rings. The Morgan fingerprint density at radius 2 is 1.94 bits per heavy atom. The largest absolute Gasteiger partial charge is 0.302 e. The quantitative estimate of drug-likeness (QED) is 0.814. The topological polar surface area (TPSA) is 3.24 Å². The average molecular weight is 282 g/mol. The molecule has 0 saturated carbocycles. The number of hydrogen-bond acceptors (Lipinski definition) is 1. The van der Waals surface area contributed by atoms with Crippen molar-refractivity contribution in [2.75, 3.05) is 19.6 Å². The lowest BCUT2D eigenvalue weighted by molar-refractivity contribution is 0.269. The van der Waals surface area contributed by atoms with Crippen molar-refractivity contribution in [2.24, 2.45) is 0 Å². The summed E-state index contributed by atoms with van der Waals surface area (Å²) in [5, 5.41) is 0. The predicted molar refractivity (Wildman–Crippen MR) is 72.8 cm³/mol. The van der Waals surface area contributed by atoms with Crippen molar-refractivity contribution in [1.82, 2.24) is 4.90 Å². The van der Waals surface area contributed by atoms with Gasteiger partial charge in [-0.25, -0.2) is 0 Å². The van der Waals surface area contributed by atoms with Crippen LogP contribution >= 0.6 is 15.9 Å². The smallest absolute Gasteiger partial charge is 0.0178 e. The molecule has 1 aromatic carbocycles. The molecule has 0 radical (unpaired) electrons. The van der Waals surface area contributed by atoms with E-state index in [0.717, 1.165) is 0 Å². The van der Waals surface area contributed by atoms with Crippen LogP contribution in [0.25, 0.3) is 0 Å². The SMILES string of the molecule is CC(C)(CN1CCCC1)c1cccc(Br)c1. The van der Waals surface area contributed by atoms with Gasteiger partial charge in [0.1, 0.15) is 0 Å². The highest BCUT2D eigenvalue weighted by Crippen LogP contribution is 2.27. The van der Waals surface area contributed by atoms with E-state index in [4.69, 9.17) is 0 Å². The van der Waals surface area contributed by atoms with Crippen molar-refractivity contribution >= 4 is 15.9 Å². The number of likely N-dealkylation sites (tertiary alicyclic amines) is 1. The van der Waals surface area contributed by atoms with Crippen molar-refractivity contribution in [3.8, 4) is 0 Å². The Kier molecular flexibility index (Phi) is 3.70. The molecule has 1 aliphatic heterocycles. The highest BCUT2D eigenvalue weighted by molar-refractivity contribution is 9.10. The van der Waals surface area contributed by atoms with Crippen molar-refractivity contribution in [3.05, 3.63) is 34.3 Å². The Morgan fingerprint density at radius 1 is 1.25 bits per heavy atom. The lowest BCUT2D eigenvalue weighted by Crippen LogP contribution is -2.35. The van der Waals surface area contributed by atoms with Crippen LogP contribution in [0.15, 0.2) is 28.7 Å². The summed E-state index contributed by atoms with van der Waals surface area (Å²) in [6, 6.07) is 8.71. The van der Waals surface area contributed by atoms with E-state index < -0.39 is 0 Å². The van der Waals surface area contributed by atoms with Gasteiger partial charge in [0.25, 0.3) is 0 Å². The van der Waals surface area contributed by atoms with E-state index in [2.05, 4.69) is 58.9 Å². The van der Waals surface area contributed by atoms with E-state index >= 15 is 0 Å². The fraction of sp³-hybridized carbons (Fsp3) is 0.571. The Balaban J connectivity index is 2.10. The van der Waals surface area contributed by atoms with Gasteiger partial charge in [-0.15, -0.1) is 0 Å². The first-order valence-electron chi connectivity index (χ1n) is 6.06. The fourth-order valence-electron chi connectivity index (χ4n) is 2.50. The van der Waals surface area contributed by atoms with Crippen molar-refractivity contribution in [3.63, 3.8) is 0 Å². The molecule has 1 aromatic rings. The zero-order valence-corrected chi connectivity index (χ0v) is 11.8. The minimum Gasteiger partial charge on any atom is -0.302 e. The first-order chi connectivity index (χ1) is 7.58. The molecule has 1 heterocycles. The molecule has 0 aromatic heterocycles. The van der Waals surface area contributed by atoms with Gasteiger partial charge in [0.2, 0.25) is 0 Å². The molecule has 2 rings (SSSR count). The molecule has 1 nitrogen and oxygen atoms in total. The normalized spacial score (nSPS) is 17.9. The van der Waals surface area contributed by atoms with E-state index in [9.17, 15) is 0 Å². The summed E-state index contributed by atoms with van der Waals surface area (Å²) in [5.41, 5.74) is 1.67. The van der Waals surface area contributed by atoms with Crippen molar-refractivity contribution in [1.29, 1.82) is 0 Å². The zero-order valence-electron chi connectivity index (χ0n) is 10.2. The Bertz CT molecular complexity index is 354. The van der Waals surface area contributed by atoms with Crippen LogP contribution in [0.5, 0.6) is 0 Å². The van der Waals surface area contributed by atoms with Crippen molar-refractivity contribution < 1.29 is 0 Å². The van der Waals surface area contributed by atoms with E-state index in [1.54, 1.807) is 0 Å². The van der Waals surface area contributed by atoms with Gasteiger partial charge in [-0.2, -0.15) is 0 Å². The fourth-order valence-corrected chi connectivity index (χ4v) is 2.90. The van der Waals surface area contributed by atoms with E-state index in [1.807, 2.05) is 0 Å². The van der Waals surface area contributed by atoms with Crippen LogP contribution in [0, 0.1) is 0 Å². The number of halogens is 1. The summed E-state index contributed by atoms with van der Waals surface area (Å²) in [6.45, 7) is 8.40. The molecule has 1 saturated heterocycles. The van der Waals surface area contributed by atoms with E-state index in [1.165, 1.54) is 42.5 Å². The second-order valence-electron chi connectivity index (χ2n) is 5.38. The minimum absolute atomic E-state index is 0.244. The first-order valence-corrected chi connectivity index (χ1v) is 6.86. The van der Waals surface area contributed by atoms with Crippen molar-refractivity contribution in [2.45, 2.75) is 32.1 Å². The van der Waals surface area contributed by atoms with Crippen LogP contribution in [0.2, 0.25) is 0 Å². The third-order valence-electron chi connectivity index (χ3n) is 3.42. The number of benzene rings is 1. The minimum atomic E-state index is 0.244. The molecular formula is C14H20BrN. The van der Waals surface area contributed by atoms with E-state index in [0.29, 0.717) is 0 Å². The average Bonchev–Trinajstić information content (AvgIpc) is 2.70. The number of rotatable bonds is 3. The van der Waals surface area contributed by atoms with Crippen LogP contribution in [0.3, 0.4) is 0 Å². The summed E-state index contributed by atoms with van der Waals surface area (Å²) in [6.07, 6.45) is 2.74. The van der Waals surface area contributed by atoms with Gasteiger partial charge < -0.3 is 4.90 Å². The zero-order chi connectivity index (χ0) is 11.6. The van der Waals surface area contributed by atoms with Crippen LogP contribution in [-0.2, 0) is 5.41 Å². The van der Waals surface area contributed by atoms with Gasteiger partial charge in [0.05, 0.1) is 0 Å². The molecular weight excluding hydrogens is 262 g/mol. The first kappa shape index (κ1) is 12.1. The highest BCUT2D eigenvalue weighted by Gasteiger charge is 2.25. The molecule has 0 N–H and O–H groups in total. The summed E-state index contributed by atoms with van der Waals surface area (Å²) >= 11 is 3.55. The van der Waals surface area contributed by atoms with Gasteiger partial charge in [-0.05, 0) is 43.6 Å². The standard InChI is InChI=1S/C14H20BrN/c1-14(2,11-16-8-3-4-9-16)12-6-5-7-13(15)10-12/h5-7,10H,3-4,8-9,11H2,1-2H3. The Labute approximate surface area is 107 Å². The second-order valence-corrected chi connectivity index (χ2v) is 6.29. The molecule has 88 valence electrons. The Morgan fingerprint density at radius 3 is 2.56 bits per heavy atom. The third kappa shape index (κ3) is 2.86. The van der Waals surface area contributed by atoms with Crippen LogP contribution < -0.4 is 0 Å². The molecule has 0 amide bonds. The maximum Gasteiger partial charge on any atom is 0.0178 e. The van der Waals surface area contributed by atoms with Gasteiger partial charge in [-0.1, -0.05) is 41.9 Å². The molecule has 0 unspecified atom stereocenters. The third-order valence-corrected chi connectivity index (χ3v) is 3.92. The predicted octanol–water partition coefficient (Wildman–Crippen LogP) is 3.82. The van der Waals surface area contributed by atoms with Crippen LogP contribution in [0.4, 0.5) is 0 Å². The molecule has 1 fully saturated rings. The summed E-state index contributed by atoms with van der Waals surface area (Å²) in [7, 11) is 0. The van der Waals surface area contributed by atoms with Crippen LogP contribution in [0.1, 0.15) is 32.3 Å². The molecule has 0 bridgehead atoms. The van der Waals surface area contributed by atoms with Gasteiger partial charge in [0.15, 0.2) is 0 Å². The molecule has 16 heavy (non-hydrogen) atoms. The summed E-state index contributed by atoms with van der Waals surface area (Å²) in [5.74, 6) is 0. The number of hydrogen-bond donors (Lipinski definition) is 0. The molecule has 0 aliphatic carbocycles. The molecule has 0 atom stereocenters. The summed E-state index contributed by atoms with van der Waals surface area (Å²) < 4.78 is 1.18. The van der Waals surface area contributed by atoms with Gasteiger partial charge in [0, 0.05) is 16.4 Å². The molecule has 2 heteroatoms. The van der Waals surface area contributed by atoms with Gasteiger partial charge >= 0.3 is 0 Å². The van der Waals surface area contributed by atoms with Crippen LogP contribution in [-0.4, -0.2) is 24.5 Å². The second kappa shape index (κ2) is 4.89. The lowest BCUT2D eigenvalue weighted by Gasteiger charge is -2.30. The Hall–Kier alpha value is -0.340. The maximum atomic E-state index is 3.55. The number of nitrogens with zero attached hydrogens (tertiary/aromatic N) is 1.